The molecule has 0 radical (unpaired) electrons. The van der Waals surface area contributed by atoms with E-state index in [2.05, 4.69) is 29.4 Å². The van der Waals surface area contributed by atoms with Gasteiger partial charge in [0.15, 0.2) is 5.76 Å². The van der Waals surface area contributed by atoms with Crippen molar-refractivity contribution in [2.45, 2.75) is 38.5 Å². The number of halogens is 1. The zero-order chi connectivity index (χ0) is 27.7. The van der Waals surface area contributed by atoms with Crippen molar-refractivity contribution in [1.29, 1.82) is 0 Å². The predicted octanol–water partition coefficient (Wildman–Crippen LogP) is 7.70. The minimum Gasteiger partial charge on any atom is -0.465 e. The molecule has 0 saturated heterocycles. The highest BCUT2D eigenvalue weighted by Crippen LogP contribution is 2.49. The molecule has 40 heavy (non-hydrogen) atoms. The largest absolute Gasteiger partial charge is 0.465 e. The number of pyridine rings is 1. The maximum Gasteiger partial charge on any atom is 0.316 e. The molecule has 2 aromatic heterocycles. The third-order valence-electron chi connectivity index (χ3n) is 7.60. The molecule has 1 saturated carbocycles. The molecule has 2 heterocycles. The van der Waals surface area contributed by atoms with Crippen LogP contribution < -0.4 is 0 Å². The highest BCUT2D eigenvalue weighted by molar-refractivity contribution is 5.87. The Balaban J connectivity index is 1.22. The van der Waals surface area contributed by atoms with E-state index in [0.29, 0.717) is 18.8 Å². The summed E-state index contributed by atoms with van der Waals surface area (Å²) in [6.45, 7) is 4.17. The highest BCUT2D eigenvalue weighted by Gasteiger charge is 2.52. The number of rotatable bonds is 8. The fraction of sp³-hybridized carbons (Fsp3) is 0.206. The Morgan fingerprint density at radius 2 is 1.57 bits per heavy atom. The highest BCUT2D eigenvalue weighted by atomic mass is 19.1. The Morgan fingerprint density at radius 3 is 2.25 bits per heavy atom. The molecule has 0 atom stereocenters. The minimum absolute atomic E-state index is 0.124. The molecule has 1 aliphatic carbocycles. The summed E-state index contributed by atoms with van der Waals surface area (Å²) in [6, 6.07) is 28.6. The molecule has 5 nitrogen and oxygen atoms in total. The molecule has 0 bridgehead atoms. The van der Waals surface area contributed by atoms with Crippen LogP contribution in [0.5, 0.6) is 0 Å². The van der Waals surface area contributed by atoms with E-state index in [9.17, 15) is 9.18 Å². The van der Waals surface area contributed by atoms with Crippen molar-refractivity contribution in [2.75, 3.05) is 6.61 Å². The summed E-state index contributed by atoms with van der Waals surface area (Å²) in [5.74, 6) is 0.299. The Kier molecular flexibility index (Phi) is 6.76. The van der Waals surface area contributed by atoms with Gasteiger partial charge in [0.2, 0.25) is 0 Å². The Bertz CT molecular complexity index is 1670. The van der Waals surface area contributed by atoms with Gasteiger partial charge in [-0.1, -0.05) is 71.9 Å². The summed E-state index contributed by atoms with van der Waals surface area (Å²) >= 11 is 0. The molecular formula is C34H29FN2O3. The van der Waals surface area contributed by atoms with Gasteiger partial charge in [0, 0.05) is 28.8 Å². The van der Waals surface area contributed by atoms with Crippen LogP contribution in [0.2, 0.25) is 0 Å². The average molecular weight is 533 g/mol. The van der Waals surface area contributed by atoms with Gasteiger partial charge < -0.3 is 9.26 Å². The summed E-state index contributed by atoms with van der Waals surface area (Å²) in [6.07, 6.45) is 2.21. The van der Waals surface area contributed by atoms with E-state index >= 15 is 0 Å². The lowest BCUT2D eigenvalue weighted by molar-refractivity contribution is -0.146. The lowest BCUT2D eigenvalue weighted by atomic mass is 9.93. The molecule has 0 N–H and O–H groups in total. The number of benzene rings is 3. The number of hydrogen-bond donors (Lipinski definition) is 0. The molecule has 1 fully saturated rings. The van der Waals surface area contributed by atoms with Gasteiger partial charge >= 0.3 is 5.97 Å². The van der Waals surface area contributed by atoms with Crippen molar-refractivity contribution in [2.24, 2.45) is 0 Å². The summed E-state index contributed by atoms with van der Waals surface area (Å²) in [5, 5.41) is 4.24. The fourth-order valence-corrected chi connectivity index (χ4v) is 5.19. The fourth-order valence-electron chi connectivity index (χ4n) is 5.19. The van der Waals surface area contributed by atoms with Crippen molar-refractivity contribution in [3.8, 4) is 33.7 Å². The smallest absolute Gasteiger partial charge is 0.316 e. The molecule has 6 rings (SSSR count). The first-order chi connectivity index (χ1) is 19.5. The van der Waals surface area contributed by atoms with Gasteiger partial charge in [0.25, 0.3) is 0 Å². The molecule has 0 amide bonds. The number of aromatic nitrogens is 2. The Labute approximate surface area is 232 Å². The van der Waals surface area contributed by atoms with Crippen LogP contribution in [0.4, 0.5) is 4.39 Å². The van der Waals surface area contributed by atoms with Gasteiger partial charge in [-0.15, -0.1) is 0 Å². The zero-order valence-electron chi connectivity index (χ0n) is 22.5. The van der Waals surface area contributed by atoms with Crippen molar-refractivity contribution >= 4 is 5.97 Å². The third-order valence-corrected chi connectivity index (χ3v) is 7.60. The van der Waals surface area contributed by atoms with Crippen LogP contribution >= 0.6 is 0 Å². The van der Waals surface area contributed by atoms with Crippen molar-refractivity contribution in [1.82, 2.24) is 10.1 Å². The summed E-state index contributed by atoms with van der Waals surface area (Å²) < 4.78 is 24.8. The zero-order valence-corrected chi connectivity index (χ0v) is 22.5. The molecule has 0 spiro atoms. The van der Waals surface area contributed by atoms with E-state index in [1.165, 1.54) is 12.1 Å². The number of carbonyl (C=O) groups excluding carboxylic acids is 1. The monoisotopic (exact) mass is 532 g/mol. The SMILES string of the molecule is CCOC(=O)C1(c2ccc(-c3ccc(-c4onc(C)c4Cc4cccc(-c5cccc(F)c5)n4)cc3)cc2)CC1. The maximum absolute atomic E-state index is 13.7. The van der Waals surface area contributed by atoms with E-state index in [1.54, 1.807) is 6.07 Å². The standard InChI is InChI=1S/C34H29FN2O3/c1-3-39-33(38)34(18-19-34)27-16-14-24(15-17-27)23-10-12-25(13-11-23)32-30(22(2)37-40-32)21-29-8-5-9-31(36-29)26-6-4-7-28(35)20-26/h4-17,20H,3,18-19,21H2,1-2H3. The van der Waals surface area contributed by atoms with E-state index in [1.807, 2.05) is 62.4 Å². The molecule has 5 aromatic rings. The Hall–Kier alpha value is -4.58. The van der Waals surface area contributed by atoms with E-state index in [4.69, 9.17) is 14.2 Å². The van der Waals surface area contributed by atoms with Crippen LogP contribution in [0, 0.1) is 12.7 Å². The topological polar surface area (TPSA) is 65.2 Å². The second kappa shape index (κ2) is 10.5. The van der Waals surface area contributed by atoms with Gasteiger partial charge in [-0.3, -0.25) is 9.78 Å². The Morgan fingerprint density at radius 1 is 0.900 bits per heavy atom. The van der Waals surface area contributed by atoms with Gasteiger partial charge in [-0.05, 0) is 67.6 Å². The molecule has 0 aliphatic heterocycles. The van der Waals surface area contributed by atoms with Gasteiger partial charge in [-0.2, -0.15) is 0 Å². The number of aryl methyl sites for hydroxylation is 1. The van der Waals surface area contributed by atoms with Gasteiger partial charge in [0.1, 0.15) is 5.82 Å². The van der Waals surface area contributed by atoms with Crippen molar-refractivity contribution < 1.29 is 18.4 Å². The summed E-state index contributed by atoms with van der Waals surface area (Å²) in [7, 11) is 0. The number of hydrogen-bond acceptors (Lipinski definition) is 5. The van der Waals surface area contributed by atoms with Crippen molar-refractivity contribution in [3.63, 3.8) is 0 Å². The molecule has 6 heteroatoms. The lowest BCUT2D eigenvalue weighted by Crippen LogP contribution is -2.23. The normalized spacial score (nSPS) is 13.7. The molecule has 0 unspecified atom stereocenters. The molecule has 200 valence electrons. The van der Waals surface area contributed by atoms with E-state index < -0.39 is 5.41 Å². The number of carbonyl (C=O) groups is 1. The average Bonchev–Trinajstić information content (AvgIpc) is 3.72. The van der Waals surface area contributed by atoms with Crippen LogP contribution in [-0.2, 0) is 21.4 Å². The van der Waals surface area contributed by atoms with Crippen LogP contribution in [0.1, 0.15) is 42.3 Å². The number of esters is 1. The quantitative estimate of drug-likeness (QED) is 0.192. The lowest BCUT2D eigenvalue weighted by Gasteiger charge is -2.14. The maximum atomic E-state index is 13.7. The van der Waals surface area contributed by atoms with E-state index in [-0.39, 0.29) is 11.8 Å². The van der Waals surface area contributed by atoms with Crippen LogP contribution in [0.25, 0.3) is 33.7 Å². The predicted molar refractivity (Wildman–Crippen MR) is 152 cm³/mol. The van der Waals surface area contributed by atoms with E-state index in [0.717, 1.165) is 63.3 Å². The van der Waals surface area contributed by atoms with Crippen LogP contribution in [-0.4, -0.2) is 22.7 Å². The van der Waals surface area contributed by atoms with Gasteiger partial charge in [0.05, 0.1) is 23.4 Å². The molecule has 3 aromatic carbocycles. The van der Waals surface area contributed by atoms with Crippen LogP contribution in [0.15, 0.2) is 95.5 Å². The van der Waals surface area contributed by atoms with Gasteiger partial charge in [-0.25, -0.2) is 4.39 Å². The summed E-state index contributed by atoms with van der Waals surface area (Å²) in [5.41, 5.74) is 7.70. The first kappa shape index (κ1) is 25.7. The first-order valence-electron chi connectivity index (χ1n) is 13.5. The second-order valence-electron chi connectivity index (χ2n) is 10.2. The second-order valence-corrected chi connectivity index (χ2v) is 10.2. The van der Waals surface area contributed by atoms with Crippen LogP contribution in [0.3, 0.4) is 0 Å². The molecule has 1 aliphatic rings. The number of ether oxygens (including phenoxy) is 1. The first-order valence-corrected chi connectivity index (χ1v) is 13.5. The van der Waals surface area contributed by atoms with Crippen molar-refractivity contribution in [3.05, 3.63) is 119 Å². The third kappa shape index (κ3) is 4.93. The summed E-state index contributed by atoms with van der Waals surface area (Å²) in [4.78, 5) is 17.2. The minimum atomic E-state index is -0.468. The number of nitrogens with zero attached hydrogens (tertiary/aromatic N) is 2. The molecular weight excluding hydrogens is 503 g/mol.